The van der Waals surface area contributed by atoms with Crippen molar-refractivity contribution in [1.29, 1.82) is 0 Å². The third-order valence-electron chi connectivity index (χ3n) is 1.55. The Balaban J connectivity index is 0. The van der Waals surface area contributed by atoms with E-state index in [1.54, 1.807) is 13.8 Å². The molecule has 0 saturated carbocycles. The van der Waals surface area contributed by atoms with Crippen LogP contribution in [-0.2, 0) is 13.6 Å². The van der Waals surface area contributed by atoms with Gasteiger partial charge in [0.15, 0.2) is 0 Å². The molecule has 0 bridgehead atoms. The first-order chi connectivity index (χ1) is 7.93. The van der Waals surface area contributed by atoms with E-state index in [-0.39, 0.29) is 26.4 Å². The fraction of sp³-hybridized carbons (Fsp3) is 1.00. The Kier molecular flexibility index (Phi) is 14.2. The molecule has 3 N–H and O–H groups in total. The average Bonchev–Trinajstić information content (AvgIpc) is 2.18. The van der Waals surface area contributed by atoms with Crippen LogP contribution < -0.4 is 0 Å². The molecule has 0 radical (unpaired) electrons. The van der Waals surface area contributed by atoms with Crippen LogP contribution in [0.3, 0.4) is 0 Å². The monoisotopic (exact) mass is 273 g/mol. The zero-order chi connectivity index (χ0) is 13.7. The zero-order valence-electron chi connectivity index (χ0n) is 10.7. The summed E-state index contributed by atoms with van der Waals surface area (Å²) in [5, 5.41) is 16.7. The molecular formula is C9H24NO6P. The van der Waals surface area contributed by atoms with Gasteiger partial charge in [0, 0.05) is 13.1 Å². The van der Waals surface area contributed by atoms with Gasteiger partial charge in [0.1, 0.15) is 0 Å². The molecular weight excluding hydrogens is 249 g/mol. The Labute approximate surface area is 103 Å². The summed E-state index contributed by atoms with van der Waals surface area (Å²) in [6.45, 7) is 5.24. The summed E-state index contributed by atoms with van der Waals surface area (Å²) < 4.78 is 19.2. The highest BCUT2D eigenvalue weighted by molar-refractivity contribution is 7.47. The lowest BCUT2D eigenvalue weighted by Crippen LogP contribution is -2.25. The average molecular weight is 273 g/mol. The number of aliphatic hydroxyl groups is 2. The van der Waals surface area contributed by atoms with E-state index in [0.29, 0.717) is 13.1 Å². The van der Waals surface area contributed by atoms with E-state index >= 15 is 0 Å². The predicted octanol–water partition coefficient (Wildman–Crippen LogP) is 0.0626. The molecule has 0 saturated heterocycles. The van der Waals surface area contributed by atoms with Crippen LogP contribution in [0.25, 0.3) is 0 Å². The first kappa shape index (κ1) is 19.3. The van der Waals surface area contributed by atoms with Gasteiger partial charge in [-0.2, -0.15) is 0 Å². The van der Waals surface area contributed by atoms with E-state index in [0.717, 1.165) is 0 Å². The van der Waals surface area contributed by atoms with Crippen LogP contribution in [0.1, 0.15) is 13.8 Å². The second-order valence-corrected chi connectivity index (χ2v) is 4.51. The first-order valence-electron chi connectivity index (χ1n) is 5.45. The molecule has 0 spiro atoms. The zero-order valence-corrected chi connectivity index (χ0v) is 11.6. The van der Waals surface area contributed by atoms with Crippen LogP contribution in [0.2, 0.25) is 0 Å². The number of hydrogen-bond acceptors (Lipinski definition) is 6. The third kappa shape index (κ3) is 16.0. The topological polar surface area (TPSA) is 99.5 Å². The van der Waals surface area contributed by atoms with Gasteiger partial charge in [-0.1, -0.05) is 0 Å². The standard InChI is InChI=1S/C5H13NO2.C4H11O4P/c1-6(2-4-7)3-5-8;1-3-7-9(5,6)8-4-2/h7-8H,2-5H2,1H3;3-4H2,1-2H3,(H,5,6). The summed E-state index contributed by atoms with van der Waals surface area (Å²) in [7, 11) is -1.84. The Bertz CT molecular complexity index is 188. The SMILES string of the molecule is CCOP(=O)(O)OCC.CN(CCO)CCO. The van der Waals surface area contributed by atoms with E-state index in [9.17, 15) is 4.57 Å². The second kappa shape index (κ2) is 12.4. The number of phosphoric ester groups is 1. The first-order valence-corrected chi connectivity index (χ1v) is 6.95. The maximum Gasteiger partial charge on any atom is 0.472 e. The van der Waals surface area contributed by atoms with Gasteiger partial charge < -0.3 is 20.0 Å². The molecule has 0 fully saturated rings. The minimum Gasteiger partial charge on any atom is -0.395 e. The van der Waals surface area contributed by atoms with Gasteiger partial charge >= 0.3 is 7.82 Å². The molecule has 0 heterocycles. The molecule has 0 aromatic rings. The molecule has 0 aliphatic rings. The van der Waals surface area contributed by atoms with Crippen LogP contribution in [0.5, 0.6) is 0 Å². The summed E-state index contributed by atoms with van der Waals surface area (Å²) in [6.07, 6.45) is 0. The quantitative estimate of drug-likeness (QED) is 0.538. The van der Waals surface area contributed by atoms with Gasteiger partial charge in [-0.25, -0.2) is 4.57 Å². The minimum atomic E-state index is -3.69. The summed E-state index contributed by atoms with van der Waals surface area (Å²) in [5.74, 6) is 0. The van der Waals surface area contributed by atoms with Gasteiger partial charge in [0.25, 0.3) is 0 Å². The number of likely N-dealkylation sites (N-methyl/N-ethyl adjacent to an activating group) is 1. The maximum absolute atomic E-state index is 10.5. The largest absolute Gasteiger partial charge is 0.472 e. The number of hydrogen-bond donors (Lipinski definition) is 3. The van der Waals surface area contributed by atoms with Crippen molar-refractivity contribution in [2.45, 2.75) is 13.8 Å². The Morgan fingerprint density at radius 1 is 1.06 bits per heavy atom. The lowest BCUT2D eigenvalue weighted by Gasteiger charge is -2.11. The van der Waals surface area contributed by atoms with Gasteiger partial charge in [-0.15, -0.1) is 0 Å². The van der Waals surface area contributed by atoms with Crippen molar-refractivity contribution in [2.24, 2.45) is 0 Å². The predicted molar refractivity (Wildman–Crippen MR) is 64.7 cm³/mol. The normalized spacial score (nSPS) is 11.2. The molecule has 7 nitrogen and oxygen atoms in total. The van der Waals surface area contributed by atoms with Crippen LogP contribution in [-0.4, -0.2) is 66.6 Å². The minimum absolute atomic E-state index is 0.163. The Morgan fingerprint density at radius 2 is 1.41 bits per heavy atom. The maximum atomic E-state index is 10.5. The van der Waals surface area contributed by atoms with E-state index in [1.165, 1.54) is 0 Å². The Morgan fingerprint density at radius 3 is 1.65 bits per heavy atom. The second-order valence-electron chi connectivity index (χ2n) is 3.05. The van der Waals surface area contributed by atoms with E-state index in [4.69, 9.17) is 15.1 Å². The summed E-state index contributed by atoms with van der Waals surface area (Å²) in [4.78, 5) is 10.5. The summed E-state index contributed by atoms with van der Waals surface area (Å²) in [6, 6.07) is 0. The number of nitrogens with zero attached hydrogens (tertiary/aromatic N) is 1. The van der Waals surface area contributed by atoms with Crippen molar-refractivity contribution in [2.75, 3.05) is 46.6 Å². The van der Waals surface area contributed by atoms with Crippen LogP contribution >= 0.6 is 7.82 Å². The van der Waals surface area contributed by atoms with Crippen molar-refractivity contribution >= 4 is 7.82 Å². The molecule has 0 amide bonds. The van der Waals surface area contributed by atoms with Gasteiger partial charge in [0.2, 0.25) is 0 Å². The molecule has 106 valence electrons. The highest BCUT2D eigenvalue weighted by Crippen LogP contribution is 2.42. The molecule has 0 aromatic carbocycles. The van der Waals surface area contributed by atoms with Crippen LogP contribution in [0, 0.1) is 0 Å². The lowest BCUT2D eigenvalue weighted by molar-refractivity contribution is 0.161. The smallest absolute Gasteiger partial charge is 0.395 e. The highest BCUT2D eigenvalue weighted by atomic mass is 31.2. The molecule has 0 unspecified atom stereocenters. The Hall–Kier alpha value is -0.0100. The van der Waals surface area contributed by atoms with E-state index in [2.05, 4.69) is 9.05 Å². The molecule has 0 atom stereocenters. The highest BCUT2D eigenvalue weighted by Gasteiger charge is 2.17. The van der Waals surface area contributed by atoms with E-state index < -0.39 is 7.82 Å². The molecule has 17 heavy (non-hydrogen) atoms. The summed E-state index contributed by atoms with van der Waals surface area (Å²) >= 11 is 0. The van der Waals surface area contributed by atoms with Crippen molar-refractivity contribution in [3.63, 3.8) is 0 Å². The molecule has 8 heteroatoms. The third-order valence-corrected chi connectivity index (χ3v) is 2.72. The van der Waals surface area contributed by atoms with Crippen LogP contribution in [0.15, 0.2) is 0 Å². The summed E-state index contributed by atoms with van der Waals surface area (Å²) in [5.41, 5.74) is 0. The van der Waals surface area contributed by atoms with Crippen molar-refractivity contribution < 1.29 is 28.7 Å². The lowest BCUT2D eigenvalue weighted by atomic mass is 10.5. The molecule has 0 rings (SSSR count). The fourth-order valence-electron chi connectivity index (χ4n) is 0.817. The van der Waals surface area contributed by atoms with Crippen LogP contribution in [0.4, 0.5) is 0 Å². The molecule has 0 aliphatic carbocycles. The number of aliphatic hydroxyl groups excluding tert-OH is 2. The fourth-order valence-corrected chi connectivity index (χ4v) is 1.54. The van der Waals surface area contributed by atoms with Gasteiger partial charge in [-0.3, -0.25) is 9.05 Å². The van der Waals surface area contributed by atoms with Crippen molar-refractivity contribution in [1.82, 2.24) is 4.90 Å². The molecule has 0 aliphatic heterocycles. The number of rotatable bonds is 8. The van der Waals surface area contributed by atoms with Crippen molar-refractivity contribution in [3.05, 3.63) is 0 Å². The van der Waals surface area contributed by atoms with Crippen molar-refractivity contribution in [3.8, 4) is 0 Å². The van der Waals surface area contributed by atoms with E-state index in [1.807, 2.05) is 11.9 Å². The molecule has 0 aromatic heterocycles. The van der Waals surface area contributed by atoms with Gasteiger partial charge in [-0.05, 0) is 20.9 Å². The van der Waals surface area contributed by atoms with Gasteiger partial charge in [0.05, 0.1) is 26.4 Å². The number of phosphoric acid groups is 1.